The summed E-state index contributed by atoms with van der Waals surface area (Å²) < 4.78 is 12.8. The molecule has 2 N–H and O–H groups in total. The maximum absolute atomic E-state index is 12.8. The third kappa shape index (κ3) is 4.14. The van der Waals surface area contributed by atoms with E-state index in [1.165, 1.54) is 12.1 Å². The molecule has 1 aromatic carbocycles. The number of hydrogen-bond donors (Lipinski definition) is 1. The summed E-state index contributed by atoms with van der Waals surface area (Å²) in [6.07, 6.45) is 3.21. The van der Waals surface area contributed by atoms with E-state index < -0.39 is 0 Å². The Morgan fingerprint density at radius 1 is 1.25 bits per heavy atom. The molecule has 0 aliphatic carbocycles. The average molecular weight is 241 g/mol. The van der Waals surface area contributed by atoms with E-state index in [4.69, 9.17) is 5.73 Å². The van der Waals surface area contributed by atoms with Gasteiger partial charge in [0.25, 0.3) is 0 Å². The van der Waals surface area contributed by atoms with Gasteiger partial charge in [-0.2, -0.15) is 0 Å². The second-order valence-corrected chi connectivity index (χ2v) is 5.28. The summed E-state index contributed by atoms with van der Waals surface area (Å²) in [5, 5.41) is 0.422. The Morgan fingerprint density at radius 3 is 2.38 bits per heavy atom. The van der Waals surface area contributed by atoms with Gasteiger partial charge in [-0.1, -0.05) is 20.3 Å². The van der Waals surface area contributed by atoms with E-state index in [1.54, 1.807) is 11.8 Å². The molecular formula is C13H20FNS. The monoisotopic (exact) mass is 241 g/mol. The predicted molar refractivity (Wildman–Crippen MR) is 69.2 cm³/mol. The van der Waals surface area contributed by atoms with Gasteiger partial charge in [0.05, 0.1) is 0 Å². The molecule has 0 amide bonds. The maximum atomic E-state index is 12.8. The zero-order chi connectivity index (χ0) is 12.0. The topological polar surface area (TPSA) is 26.0 Å². The molecule has 0 spiro atoms. The summed E-state index contributed by atoms with van der Waals surface area (Å²) in [5.41, 5.74) is 6.12. The van der Waals surface area contributed by atoms with E-state index in [0.29, 0.717) is 5.25 Å². The van der Waals surface area contributed by atoms with E-state index in [2.05, 4.69) is 13.8 Å². The van der Waals surface area contributed by atoms with Crippen LogP contribution in [0.4, 0.5) is 4.39 Å². The lowest BCUT2D eigenvalue weighted by Crippen LogP contribution is -2.31. The van der Waals surface area contributed by atoms with Crippen molar-refractivity contribution in [1.82, 2.24) is 0 Å². The first-order chi connectivity index (χ1) is 7.67. The minimum absolute atomic E-state index is 0.185. The fourth-order valence-corrected chi connectivity index (χ4v) is 2.80. The van der Waals surface area contributed by atoms with Gasteiger partial charge >= 0.3 is 0 Å². The quantitative estimate of drug-likeness (QED) is 0.766. The molecule has 1 nitrogen and oxygen atoms in total. The third-order valence-corrected chi connectivity index (χ3v) is 4.13. The molecule has 0 saturated heterocycles. The zero-order valence-electron chi connectivity index (χ0n) is 9.95. The number of hydrogen-bond acceptors (Lipinski definition) is 2. The van der Waals surface area contributed by atoms with Crippen molar-refractivity contribution in [3.63, 3.8) is 0 Å². The predicted octanol–water partition coefficient (Wildman–Crippen LogP) is 3.82. The van der Waals surface area contributed by atoms with Gasteiger partial charge < -0.3 is 5.73 Å². The van der Waals surface area contributed by atoms with Gasteiger partial charge in [-0.25, -0.2) is 4.39 Å². The van der Waals surface area contributed by atoms with Crippen LogP contribution in [0, 0.1) is 5.82 Å². The summed E-state index contributed by atoms with van der Waals surface area (Å²) in [6.45, 7) is 4.30. The molecule has 1 aromatic rings. The van der Waals surface area contributed by atoms with Gasteiger partial charge in [0.1, 0.15) is 5.82 Å². The third-order valence-electron chi connectivity index (χ3n) is 2.60. The average Bonchev–Trinajstić information content (AvgIpc) is 2.28. The van der Waals surface area contributed by atoms with Crippen LogP contribution in [0.3, 0.4) is 0 Å². The lowest BCUT2D eigenvalue weighted by molar-refractivity contribution is 0.566. The van der Waals surface area contributed by atoms with Gasteiger partial charge in [0.15, 0.2) is 0 Å². The molecule has 0 bridgehead atoms. The minimum atomic E-state index is -0.185. The molecule has 90 valence electrons. The number of thioether (sulfide) groups is 1. The molecule has 16 heavy (non-hydrogen) atoms. The van der Waals surface area contributed by atoms with Crippen molar-refractivity contribution in [2.24, 2.45) is 5.73 Å². The van der Waals surface area contributed by atoms with Crippen LogP contribution in [0.1, 0.15) is 33.1 Å². The second-order valence-electron chi connectivity index (χ2n) is 3.97. The molecule has 2 unspecified atom stereocenters. The fraction of sp³-hybridized carbons (Fsp3) is 0.538. The van der Waals surface area contributed by atoms with Crippen LogP contribution in [0.15, 0.2) is 29.2 Å². The minimum Gasteiger partial charge on any atom is -0.327 e. The highest BCUT2D eigenvalue weighted by Crippen LogP contribution is 2.28. The Kier molecular flexibility index (Phi) is 5.85. The highest BCUT2D eigenvalue weighted by atomic mass is 32.2. The van der Waals surface area contributed by atoms with Crippen molar-refractivity contribution in [2.45, 2.75) is 49.3 Å². The molecule has 0 aliphatic heterocycles. The van der Waals surface area contributed by atoms with Crippen LogP contribution in [0.25, 0.3) is 0 Å². The lowest BCUT2D eigenvalue weighted by atomic mass is 10.1. The Morgan fingerprint density at radius 2 is 1.88 bits per heavy atom. The number of benzene rings is 1. The maximum Gasteiger partial charge on any atom is 0.123 e. The molecule has 0 aliphatic rings. The summed E-state index contributed by atoms with van der Waals surface area (Å²) in [5.74, 6) is -0.185. The molecule has 3 heteroatoms. The van der Waals surface area contributed by atoms with Crippen molar-refractivity contribution in [3.8, 4) is 0 Å². The molecule has 0 heterocycles. The first kappa shape index (κ1) is 13.5. The van der Waals surface area contributed by atoms with Gasteiger partial charge in [-0.05, 0) is 37.1 Å². The second kappa shape index (κ2) is 6.92. The first-order valence-corrected chi connectivity index (χ1v) is 6.73. The highest BCUT2D eigenvalue weighted by molar-refractivity contribution is 8.00. The lowest BCUT2D eigenvalue weighted by Gasteiger charge is -2.21. The van der Waals surface area contributed by atoms with Crippen molar-refractivity contribution >= 4 is 11.8 Å². The van der Waals surface area contributed by atoms with E-state index in [-0.39, 0.29) is 11.9 Å². The number of rotatable bonds is 6. The SMILES string of the molecule is CCCC(N)C(CC)Sc1ccc(F)cc1. The molecule has 1 rings (SSSR count). The van der Waals surface area contributed by atoms with E-state index in [9.17, 15) is 4.39 Å². The molecule has 2 atom stereocenters. The Balaban J connectivity index is 2.59. The van der Waals surface area contributed by atoms with E-state index in [1.807, 2.05) is 12.1 Å². The van der Waals surface area contributed by atoms with Crippen molar-refractivity contribution in [2.75, 3.05) is 0 Å². The molecule has 0 saturated carbocycles. The summed E-state index contributed by atoms with van der Waals surface area (Å²) in [6, 6.07) is 6.87. The number of halogens is 1. The first-order valence-electron chi connectivity index (χ1n) is 5.85. The summed E-state index contributed by atoms with van der Waals surface area (Å²) >= 11 is 1.75. The Bertz CT molecular complexity index is 299. The standard InChI is InChI=1S/C13H20FNS/c1-3-5-12(15)13(4-2)16-11-8-6-10(14)7-9-11/h6-9,12-13H,3-5,15H2,1-2H3. The molecular weight excluding hydrogens is 221 g/mol. The van der Waals surface area contributed by atoms with E-state index in [0.717, 1.165) is 24.2 Å². The van der Waals surface area contributed by atoms with Gasteiger partial charge in [-0.15, -0.1) is 11.8 Å². The van der Waals surface area contributed by atoms with Crippen molar-refractivity contribution in [1.29, 1.82) is 0 Å². The number of nitrogens with two attached hydrogens (primary N) is 1. The fourth-order valence-electron chi connectivity index (χ4n) is 1.68. The molecule has 0 radical (unpaired) electrons. The van der Waals surface area contributed by atoms with Crippen molar-refractivity contribution in [3.05, 3.63) is 30.1 Å². The Labute approximate surface area is 102 Å². The molecule has 0 aromatic heterocycles. The van der Waals surface area contributed by atoms with Crippen LogP contribution in [0.5, 0.6) is 0 Å². The zero-order valence-corrected chi connectivity index (χ0v) is 10.8. The Hall–Kier alpha value is -0.540. The van der Waals surface area contributed by atoms with Crippen LogP contribution in [0.2, 0.25) is 0 Å². The largest absolute Gasteiger partial charge is 0.327 e. The van der Waals surface area contributed by atoms with E-state index >= 15 is 0 Å². The van der Waals surface area contributed by atoms with Crippen LogP contribution in [-0.4, -0.2) is 11.3 Å². The van der Waals surface area contributed by atoms with Gasteiger partial charge in [0.2, 0.25) is 0 Å². The highest BCUT2D eigenvalue weighted by Gasteiger charge is 2.16. The smallest absolute Gasteiger partial charge is 0.123 e. The van der Waals surface area contributed by atoms with Crippen LogP contribution in [-0.2, 0) is 0 Å². The normalized spacial score (nSPS) is 14.8. The summed E-state index contributed by atoms with van der Waals surface area (Å²) in [4.78, 5) is 1.10. The summed E-state index contributed by atoms with van der Waals surface area (Å²) in [7, 11) is 0. The van der Waals surface area contributed by atoms with Crippen LogP contribution < -0.4 is 5.73 Å². The van der Waals surface area contributed by atoms with Gasteiger partial charge in [0, 0.05) is 16.2 Å². The van der Waals surface area contributed by atoms with Crippen molar-refractivity contribution < 1.29 is 4.39 Å². The van der Waals surface area contributed by atoms with Gasteiger partial charge in [-0.3, -0.25) is 0 Å². The van der Waals surface area contributed by atoms with Crippen LogP contribution >= 0.6 is 11.8 Å². The molecule has 0 fully saturated rings.